The van der Waals surface area contributed by atoms with Gasteiger partial charge in [-0.2, -0.15) is 0 Å². The summed E-state index contributed by atoms with van der Waals surface area (Å²) >= 11 is 1.62. The summed E-state index contributed by atoms with van der Waals surface area (Å²) in [5, 5.41) is 5.19. The van der Waals surface area contributed by atoms with E-state index in [9.17, 15) is 9.59 Å². The van der Waals surface area contributed by atoms with Crippen LogP contribution in [-0.4, -0.2) is 28.3 Å². The van der Waals surface area contributed by atoms with E-state index in [2.05, 4.69) is 5.32 Å². The Morgan fingerprint density at radius 3 is 2.57 bits per heavy atom. The molecule has 0 aromatic carbocycles. The van der Waals surface area contributed by atoms with Crippen molar-refractivity contribution < 1.29 is 9.59 Å². The van der Waals surface area contributed by atoms with Crippen LogP contribution in [0.15, 0.2) is 17.5 Å². The van der Waals surface area contributed by atoms with Crippen LogP contribution in [0, 0.1) is 0 Å². The largest absolute Gasteiger partial charge is 0.351 e. The van der Waals surface area contributed by atoms with Crippen molar-refractivity contribution >= 4 is 23.2 Å². The summed E-state index contributed by atoms with van der Waals surface area (Å²) in [6.07, 6.45) is 6.33. The number of nitrogens with one attached hydrogen (secondary N) is 1. The molecule has 1 saturated carbocycles. The van der Waals surface area contributed by atoms with E-state index >= 15 is 0 Å². The van der Waals surface area contributed by atoms with Crippen LogP contribution in [0.1, 0.15) is 64.2 Å². The molecule has 1 aromatic heterocycles. The standard InChI is InChI=1S/C18H28N2O2S/c1-4-18(3,17(22)19-15-9-6-5-7-10-15)20(14(2)21)13-16-11-8-12-23-16/h8,11-12,15H,4-7,9-10,13H2,1-3H3,(H,19,22)/t18-/m0/s1. The Labute approximate surface area is 143 Å². The molecular formula is C18H28N2O2S. The molecule has 4 nitrogen and oxygen atoms in total. The molecule has 0 spiro atoms. The zero-order valence-electron chi connectivity index (χ0n) is 14.4. The van der Waals surface area contributed by atoms with E-state index in [0.717, 1.165) is 17.7 Å². The quantitative estimate of drug-likeness (QED) is 0.861. The van der Waals surface area contributed by atoms with Crippen molar-refractivity contribution in [2.45, 2.75) is 77.4 Å². The number of rotatable bonds is 6. The maximum atomic E-state index is 12.9. The lowest BCUT2D eigenvalue weighted by molar-refractivity contribution is -0.147. The molecule has 1 fully saturated rings. The Kier molecular flexibility index (Phi) is 6.22. The van der Waals surface area contributed by atoms with Crippen LogP contribution in [0.3, 0.4) is 0 Å². The molecule has 0 unspecified atom stereocenters. The molecule has 5 heteroatoms. The average molecular weight is 337 g/mol. The molecule has 1 aromatic rings. The highest BCUT2D eigenvalue weighted by atomic mass is 32.1. The molecule has 23 heavy (non-hydrogen) atoms. The van der Waals surface area contributed by atoms with E-state index in [1.54, 1.807) is 23.2 Å². The third-order valence-corrected chi connectivity index (χ3v) is 5.85. The van der Waals surface area contributed by atoms with E-state index in [1.807, 2.05) is 31.4 Å². The lowest BCUT2D eigenvalue weighted by Gasteiger charge is -2.40. The number of carbonyl (C=O) groups is 2. The lowest BCUT2D eigenvalue weighted by Crippen LogP contribution is -2.59. The Morgan fingerprint density at radius 2 is 2.04 bits per heavy atom. The molecule has 1 N–H and O–H groups in total. The van der Waals surface area contributed by atoms with Gasteiger partial charge in [0.1, 0.15) is 5.54 Å². The fraction of sp³-hybridized carbons (Fsp3) is 0.667. The van der Waals surface area contributed by atoms with E-state index in [-0.39, 0.29) is 17.9 Å². The minimum atomic E-state index is -0.798. The van der Waals surface area contributed by atoms with Gasteiger partial charge in [0.25, 0.3) is 0 Å². The van der Waals surface area contributed by atoms with Gasteiger partial charge in [0, 0.05) is 17.8 Å². The summed E-state index contributed by atoms with van der Waals surface area (Å²) < 4.78 is 0. The first-order chi connectivity index (χ1) is 11.0. The van der Waals surface area contributed by atoms with Gasteiger partial charge in [-0.3, -0.25) is 9.59 Å². The predicted molar refractivity (Wildman–Crippen MR) is 94.3 cm³/mol. The van der Waals surface area contributed by atoms with Crippen molar-refractivity contribution in [3.8, 4) is 0 Å². The van der Waals surface area contributed by atoms with Crippen LogP contribution in [0.25, 0.3) is 0 Å². The Morgan fingerprint density at radius 1 is 1.35 bits per heavy atom. The normalized spacial score (nSPS) is 18.2. The number of thiophene rings is 1. The van der Waals surface area contributed by atoms with Crippen molar-refractivity contribution in [1.29, 1.82) is 0 Å². The Hall–Kier alpha value is -1.36. The third-order valence-electron chi connectivity index (χ3n) is 4.99. The van der Waals surface area contributed by atoms with Crippen molar-refractivity contribution in [3.63, 3.8) is 0 Å². The van der Waals surface area contributed by atoms with Gasteiger partial charge in [-0.25, -0.2) is 0 Å². The van der Waals surface area contributed by atoms with Gasteiger partial charge >= 0.3 is 0 Å². The minimum Gasteiger partial charge on any atom is -0.351 e. The summed E-state index contributed by atoms with van der Waals surface area (Å²) in [5.74, 6) is -0.0693. The molecule has 0 saturated heterocycles. The molecule has 128 valence electrons. The monoisotopic (exact) mass is 336 g/mol. The van der Waals surface area contributed by atoms with Crippen LogP contribution in [0.4, 0.5) is 0 Å². The zero-order valence-corrected chi connectivity index (χ0v) is 15.2. The van der Waals surface area contributed by atoms with Gasteiger partial charge < -0.3 is 10.2 Å². The summed E-state index contributed by atoms with van der Waals surface area (Å²) in [5.41, 5.74) is -0.798. The van der Waals surface area contributed by atoms with E-state index in [4.69, 9.17) is 0 Å². The topological polar surface area (TPSA) is 49.4 Å². The molecule has 1 aliphatic carbocycles. The molecule has 1 atom stereocenters. The van der Waals surface area contributed by atoms with Crippen LogP contribution >= 0.6 is 11.3 Å². The van der Waals surface area contributed by atoms with Gasteiger partial charge in [-0.1, -0.05) is 32.3 Å². The van der Waals surface area contributed by atoms with Crippen molar-refractivity contribution in [2.24, 2.45) is 0 Å². The Bertz CT molecular complexity index is 523. The van der Waals surface area contributed by atoms with Crippen molar-refractivity contribution in [2.75, 3.05) is 0 Å². The third kappa shape index (κ3) is 4.34. The maximum absolute atomic E-state index is 12.9. The average Bonchev–Trinajstić information content (AvgIpc) is 3.05. The Balaban J connectivity index is 2.13. The van der Waals surface area contributed by atoms with Gasteiger partial charge in [-0.05, 0) is 37.6 Å². The summed E-state index contributed by atoms with van der Waals surface area (Å²) in [7, 11) is 0. The fourth-order valence-electron chi connectivity index (χ4n) is 3.25. The zero-order chi connectivity index (χ0) is 16.9. The van der Waals surface area contributed by atoms with Gasteiger partial charge in [0.15, 0.2) is 0 Å². The van der Waals surface area contributed by atoms with Crippen molar-refractivity contribution in [3.05, 3.63) is 22.4 Å². The van der Waals surface area contributed by atoms with Crippen LogP contribution in [-0.2, 0) is 16.1 Å². The first-order valence-corrected chi connectivity index (χ1v) is 9.47. The number of amides is 2. The van der Waals surface area contributed by atoms with Gasteiger partial charge in [0.2, 0.25) is 11.8 Å². The second-order valence-electron chi connectivity index (χ2n) is 6.62. The van der Waals surface area contributed by atoms with E-state index in [1.165, 1.54) is 19.3 Å². The number of hydrogen-bond acceptors (Lipinski definition) is 3. The van der Waals surface area contributed by atoms with Crippen LogP contribution in [0.2, 0.25) is 0 Å². The molecule has 1 heterocycles. The van der Waals surface area contributed by atoms with Crippen LogP contribution in [0.5, 0.6) is 0 Å². The van der Waals surface area contributed by atoms with Crippen molar-refractivity contribution in [1.82, 2.24) is 10.2 Å². The first kappa shape index (κ1) is 18.0. The summed E-state index contributed by atoms with van der Waals surface area (Å²) in [6, 6.07) is 4.25. The SMILES string of the molecule is CC[C@@](C)(C(=O)NC1CCCCC1)N(Cc1cccs1)C(C)=O. The predicted octanol–water partition coefficient (Wildman–Crippen LogP) is 3.71. The van der Waals surface area contributed by atoms with Gasteiger partial charge in [0.05, 0.1) is 6.54 Å². The van der Waals surface area contributed by atoms with E-state index < -0.39 is 5.54 Å². The van der Waals surface area contributed by atoms with Gasteiger partial charge in [-0.15, -0.1) is 11.3 Å². The number of nitrogens with zero attached hydrogens (tertiary/aromatic N) is 1. The molecule has 0 radical (unpaired) electrons. The smallest absolute Gasteiger partial charge is 0.245 e. The minimum absolute atomic E-state index is 0.0151. The highest BCUT2D eigenvalue weighted by Crippen LogP contribution is 2.26. The lowest BCUT2D eigenvalue weighted by atomic mass is 9.91. The second-order valence-corrected chi connectivity index (χ2v) is 7.65. The molecule has 2 amide bonds. The molecular weight excluding hydrogens is 308 g/mol. The fourth-order valence-corrected chi connectivity index (χ4v) is 3.95. The van der Waals surface area contributed by atoms with E-state index in [0.29, 0.717) is 13.0 Å². The van der Waals surface area contributed by atoms with Crippen LogP contribution < -0.4 is 5.32 Å². The molecule has 1 aliphatic rings. The molecule has 0 aliphatic heterocycles. The molecule has 0 bridgehead atoms. The molecule has 2 rings (SSSR count). The highest BCUT2D eigenvalue weighted by molar-refractivity contribution is 7.09. The maximum Gasteiger partial charge on any atom is 0.245 e. The summed E-state index contributed by atoms with van der Waals surface area (Å²) in [6.45, 7) is 5.91. The summed E-state index contributed by atoms with van der Waals surface area (Å²) in [4.78, 5) is 28.0. The number of carbonyl (C=O) groups excluding carboxylic acids is 2. The first-order valence-electron chi connectivity index (χ1n) is 8.59. The highest BCUT2D eigenvalue weighted by Gasteiger charge is 2.40. The second kappa shape index (κ2) is 7.95. The number of hydrogen-bond donors (Lipinski definition) is 1.